The van der Waals surface area contributed by atoms with Gasteiger partial charge < -0.3 is 24.9 Å². The summed E-state index contributed by atoms with van der Waals surface area (Å²) in [7, 11) is 1.35. The van der Waals surface area contributed by atoms with Gasteiger partial charge in [0.2, 0.25) is 0 Å². The van der Waals surface area contributed by atoms with Crippen LogP contribution in [0.3, 0.4) is 0 Å². The van der Waals surface area contributed by atoms with Gasteiger partial charge >= 0.3 is 5.97 Å². The highest BCUT2D eigenvalue weighted by Crippen LogP contribution is 2.15. The van der Waals surface area contributed by atoms with E-state index in [4.69, 9.17) is 4.42 Å². The molecule has 2 unspecified atom stereocenters. The Balaban J connectivity index is 1.84. The van der Waals surface area contributed by atoms with Crippen LogP contribution >= 0.6 is 0 Å². The van der Waals surface area contributed by atoms with E-state index >= 15 is 0 Å². The SMILES string of the molecule is COC(=O)c1cc(CNCC2CNCC2O)oc1C. The van der Waals surface area contributed by atoms with Crippen LogP contribution in [0.1, 0.15) is 21.9 Å². The van der Waals surface area contributed by atoms with Gasteiger partial charge in [0, 0.05) is 25.6 Å². The largest absolute Gasteiger partial charge is 0.465 e. The number of ether oxygens (including phenoxy) is 1. The van der Waals surface area contributed by atoms with Crippen molar-refractivity contribution >= 4 is 5.97 Å². The zero-order valence-electron chi connectivity index (χ0n) is 11.2. The normalized spacial score (nSPS) is 22.7. The van der Waals surface area contributed by atoms with Crippen molar-refractivity contribution < 1.29 is 19.1 Å². The van der Waals surface area contributed by atoms with Gasteiger partial charge in [0.25, 0.3) is 0 Å². The van der Waals surface area contributed by atoms with E-state index in [1.807, 2.05) is 0 Å². The van der Waals surface area contributed by atoms with Crippen LogP contribution in [0.25, 0.3) is 0 Å². The predicted octanol–water partition coefficient (Wildman–Crippen LogP) is 0.0445. The first kappa shape index (κ1) is 14.0. The first-order valence-corrected chi connectivity index (χ1v) is 6.39. The number of esters is 1. The minimum absolute atomic E-state index is 0.219. The number of carbonyl (C=O) groups is 1. The van der Waals surface area contributed by atoms with E-state index in [9.17, 15) is 9.90 Å². The first-order valence-electron chi connectivity index (χ1n) is 6.39. The van der Waals surface area contributed by atoms with Crippen LogP contribution in [-0.4, -0.2) is 43.9 Å². The number of nitrogens with one attached hydrogen (secondary N) is 2. The lowest BCUT2D eigenvalue weighted by atomic mass is 10.1. The fourth-order valence-electron chi connectivity index (χ4n) is 2.25. The summed E-state index contributed by atoms with van der Waals surface area (Å²) in [5, 5.41) is 16.0. The number of aliphatic hydroxyl groups excluding tert-OH is 1. The summed E-state index contributed by atoms with van der Waals surface area (Å²) >= 11 is 0. The van der Waals surface area contributed by atoms with Gasteiger partial charge in [-0.25, -0.2) is 4.79 Å². The van der Waals surface area contributed by atoms with Gasteiger partial charge in [0.15, 0.2) is 0 Å². The van der Waals surface area contributed by atoms with E-state index in [0.717, 1.165) is 6.54 Å². The molecule has 0 aliphatic carbocycles. The van der Waals surface area contributed by atoms with Gasteiger partial charge in [-0.2, -0.15) is 0 Å². The lowest BCUT2D eigenvalue weighted by molar-refractivity contribution is 0.0599. The fourth-order valence-corrected chi connectivity index (χ4v) is 2.25. The quantitative estimate of drug-likeness (QED) is 0.654. The van der Waals surface area contributed by atoms with E-state index in [0.29, 0.717) is 36.7 Å². The Hall–Kier alpha value is -1.37. The second-order valence-corrected chi connectivity index (χ2v) is 4.79. The molecule has 0 bridgehead atoms. The maximum Gasteiger partial charge on any atom is 0.341 e. The van der Waals surface area contributed by atoms with Gasteiger partial charge in [-0.05, 0) is 13.0 Å². The fraction of sp³-hybridized carbons (Fsp3) is 0.615. The molecule has 0 radical (unpaired) electrons. The summed E-state index contributed by atoms with van der Waals surface area (Å²) < 4.78 is 10.2. The Morgan fingerprint density at radius 3 is 3.05 bits per heavy atom. The highest BCUT2D eigenvalue weighted by Gasteiger charge is 2.24. The summed E-state index contributed by atoms with van der Waals surface area (Å²) in [4.78, 5) is 11.4. The monoisotopic (exact) mass is 268 g/mol. The number of carbonyl (C=O) groups excluding carboxylic acids is 1. The average Bonchev–Trinajstić information content (AvgIpc) is 2.96. The zero-order chi connectivity index (χ0) is 13.8. The van der Waals surface area contributed by atoms with E-state index in [-0.39, 0.29) is 18.0 Å². The third kappa shape index (κ3) is 3.34. The van der Waals surface area contributed by atoms with Crippen LogP contribution in [-0.2, 0) is 11.3 Å². The second-order valence-electron chi connectivity index (χ2n) is 4.79. The number of aryl methyl sites for hydroxylation is 1. The maximum absolute atomic E-state index is 11.4. The molecule has 2 atom stereocenters. The Bertz CT molecular complexity index is 444. The number of methoxy groups -OCH3 is 1. The van der Waals surface area contributed by atoms with Gasteiger partial charge in [0.05, 0.1) is 19.8 Å². The summed E-state index contributed by atoms with van der Waals surface area (Å²) in [6, 6.07) is 1.69. The Kier molecular flexibility index (Phi) is 4.57. The first-order chi connectivity index (χ1) is 9.11. The van der Waals surface area contributed by atoms with Crippen molar-refractivity contribution in [1.29, 1.82) is 0 Å². The third-order valence-electron chi connectivity index (χ3n) is 3.38. The minimum atomic E-state index is -0.386. The standard InChI is InChI=1S/C13H20N2O4/c1-8-11(13(17)18-2)3-10(19-8)6-14-4-9-5-15-7-12(9)16/h3,9,12,14-16H,4-7H2,1-2H3. The Labute approximate surface area is 112 Å². The molecule has 1 aromatic heterocycles. The van der Waals surface area contributed by atoms with Crippen molar-refractivity contribution in [2.45, 2.75) is 19.6 Å². The summed E-state index contributed by atoms with van der Waals surface area (Å²) in [5.74, 6) is 1.09. The molecule has 2 rings (SSSR count). The lowest BCUT2D eigenvalue weighted by Gasteiger charge is -2.13. The molecule has 1 aliphatic heterocycles. The summed E-state index contributed by atoms with van der Waals surface area (Å²) in [6.45, 7) is 4.44. The molecule has 19 heavy (non-hydrogen) atoms. The molecule has 0 amide bonds. The smallest absolute Gasteiger partial charge is 0.341 e. The number of hydrogen-bond acceptors (Lipinski definition) is 6. The molecule has 106 valence electrons. The van der Waals surface area contributed by atoms with Crippen LogP contribution in [0.4, 0.5) is 0 Å². The topological polar surface area (TPSA) is 83.7 Å². The highest BCUT2D eigenvalue weighted by molar-refractivity contribution is 5.90. The Morgan fingerprint density at radius 1 is 1.63 bits per heavy atom. The minimum Gasteiger partial charge on any atom is -0.465 e. The maximum atomic E-state index is 11.4. The molecule has 2 heterocycles. The molecule has 0 spiro atoms. The van der Waals surface area contributed by atoms with Crippen LogP contribution < -0.4 is 10.6 Å². The molecule has 1 fully saturated rings. The lowest BCUT2D eigenvalue weighted by Crippen LogP contribution is -2.30. The number of hydrogen-bond donors (Lipinski definition) is 3. The number of aliphatic hydroxyl groups is 1. The molecule has 0 aromatic carbocycles. The van der Waals surface area contributed by atoms with Crippen molar-refractivity contribution in [2.24, 2.45) is 5.92 Å². The number of furan rings is 1. The molecule has 3 N–H and O–H groups in total. The molecule has 0 saturated carbocycles. The van der Waals surface area contributed by atoms with Gasteiger partial charge in [0.1, 0.15) is 17.1 Å². The van der Waals surface area contributed by atoms with E-state index < -0.39 is 0 Å². The van der Waals surface area contributed by atoms with Crippen molar-refractivity contribution in [1.82, 2.24) is 10.6 Å². The third-order valence-corrected chi connectivity index (χ3v) is 3.38. The van der Waals surface area contributed by atoms with Crippen LogP contribution in [0.5, 0.6) is 0 Å². The van der Waals surface area contributed by atoms with Crippen molar-refractivity contribution in [3.05, 3.63) is 23.2 Å². The van der Waals surface area contributed by atoms with E-state index in [2.05, 4.69) is 15.4 Å². The molecular weight excluding hydrogens is 248 g/mol. The van der Waals surface area contributed by atoms with Gasteiger partial charge in [-0.15, -0.1) is 0 Å². The molecular formula is C13H20N2O4. The van der Waals surface area contributed by atoms with E-state index in [1.165, 1.54) is 7.11 Å². The molecule has 1 aliphatic rings. The Morgan fingerprint density at radius 2 is 2.42 bits per heavy atom. The van der Waals surface area contributed by atoms with E-state index in [1.54, 1.807) is 13.0 Å². The van der Waals surface area contributed by atoms with Gasteiger partial charge in [-0.3, -0.25) is 0 Å². The summed E-state index contributed by atoms with van der Waals surface area (Å²) in [5.41, 5.74) is 0.460. The highest BCUT2D eigenvalue weighted by atomic mass is 16.5. The summed E-state index contributed by atoms with van der Waals surface area (Å²) in [6.07, 6.45) is -0.295. The van der Waals surface area contributed by atoms with Gasteiger partial charge in [-0.1, -0.05) is 0 Å². The predicted molar refractivity (Wildman–Crippen MR) is 68.9 cm³/mol. The van der Waals surface area contributed by atoms with Crippen molar-refractivity contribution in [2.75, 3.05) is 26.7 Å². The number of β-amino-alcohol motifs (C(OH)–C–C–N with tert-alkyl or cyclic N) is 1. The second kappa shape index (κ2) is 6.18. The van der Waals surface area contributed by atoms with Crippen molar-refractivity contribution in [3.8, 4) is 0 Å². The van der Waals surface area contributed by atoms with Crippen molar-refractivity contribution in [3.63, 3.8) is 0 Å². The van der Waals surface area contributed by atoms with Crippen LogP contribution in [0.2, 0.25) is 0 Å². The average molecular weight is 268 g/mol. The number of rotatable bonds is 5. The molecule has 1 aromatic rings. The molecule has 6 heteroatoms. The molecule has 6 nitrogen and oxygen atoms in total. The zero-order valence-corrected chi connectivity index (χ0v) is 11.2. The van der Waals surface area contributed by atoms with Crippen LogP contribution in [0.15, 0.2) is 10.5 Å². The molecule has 1 saturated heterocycles. The van der Waals surface area contributed by atoms with Crippen LogP contribution in [0, 0.1) is 12.8 Å².